The molecule has 2 aromatic carbocycles. The van der Waals surface area contributed by atoms with Gasteiger partial charge < -0.3 is 10.2 Å². The molecule has 30 heavy (non-hydrogen) atoms. The minimum absolute atomic E-state index is 0.0775. The first-order valence-electron chi connectivity index (χ1n) is 10.3. The highest BCUT2D eigenvalue weighted by Crippen LogP contribution is 2.30. The Kier molecular flexibility index (Phi) is 7.03. The minimum Gasteiger partial charge on any atom is -0.358 e. The van der Waals surface area contributed by atoms with Gasteiger partial charge >= 0.3 is 0 Å². The molecule has 1 aliphatic rings. The van der Waals surface area contributed by atoms with E-state index in [-0.39, 0.29) is 11.7 Å². The van der Waals surface area contributed by atoms with E-state index in [2.05, 4.69) is 40.6 Å². The molecule has 0 aromatic heterocycles. The van der Waals surface area contributed by atoms with Crippen molar-refractivity contribution in [1.82, 2.24) is 10.2 Å². The summed E-state index contributed by atoms with van der Waals surface area (Å²) in [5, 5.41) is 12.1. The van der Waals surface area contributed by atoms with Crippen LogP contribution < -0.4 is 5.32 Å². The van der Waals surface area contributed by atoms with Crippen molar-refractivity contribution in [2.24, 2.45) is 0 Å². The Labute approximate surface area is 178 Å². The van der Waals surface area contributed by atoms with E-state index in [1.54, 1.807) is 12.1 Å². The van der Waals surface area contributed by atoms with Crippen molar-refractivity contribution < 1.29 is 9.59 Å². The maximum atomic E-state index is 12.6. The number of likely N-dealkylation sites (tertiary alicyclic amines) is 1. The number of ketones is 1. The molecule has 1 saturated heterocycles. The van der Waals surface area contributed by atoms with E-state index in [0.29, 0.717) is 29.3 Å². The highest BCUT2D eigenvalue weighted by atomic mass is 16.1. The number of allylic oxidation sites excluding steroid dienone is 1. The fourth-order valence-electron chi connectivity index (χ4n) is 4.00. The van der Waals surface area contributed by atoms with Crippen molar-refractivity contribution in [3.63, 3.8) is 0 Å². The summed E-state index contributed by atoms with van der Waals surface area (Å²) in [5.41, 5.74) is 3.34. The van der Waals surface area contributed by atoms with Gasteiger partial charge in [-0.1, -0.05) is 42.5 Å². The quantitative estimate of drug-likeness (QED) is 0.745. The SMILES string of the molecule is CC(=O)N/C(=C(/Cc1cccc(C#N)c1)C(C)=O)N1CCC(c2ccccc2)CC1. The molecule has 5 nitrogen and oxygen atoms in total. The van der Waals surface area contributed by atoms with Gasteiger partial charge in [-0.2, -0.15) is 5.26 Å². The molecule has 1 N–H and O–H groups in total. The lowest BCUT2D eigenvalue weighted by molar-refractivity contribution is -0.118. The summed E-state index contributed by atoms with van der Waals surface area (Å²) in [4.78, 5) is 26.6. The summed E-state index contributed by atoms with van der Waals surface area (Å²) in [6.07, 6.45) is 2.30. The number of carbonyl (C=O) groups excluding carboxylic acids is 2. The number of nitrogens with zero attached hydrogens (tertiary/aromatic N) is 2. The van der Waals surface area contributed by atoms with E-state index in [4.69, 9.17) is 5.26 Å². The molecule has 1 heterocycles. The minimum atomic E-state index is -0.195. The van der Waals surface area contributed by atoms with E-state index in [0.717, 1.165) is 31.5 Å². The van der Waals surface area contributed by atoms with Crippen molar-refractivity contribution in [2.75, 3.05) is 13.1 Å². The number of piperidine rings is 1. The largest absolute Gasteiger partial charge is 0.358 e. The molecule has 154 valence electrons. The molecule has 0 atom stereocenters. The Morgan fingerprint density at radius 1 is 1.07 bits per heavy atom. The fraction of sp³-hybridized carbons (Fsp3) is 0.320. The lowest BCUT2D eigenvalue weighted by atomic mass is 9.89. The molecule has 0 saturated carbocycles. The van der Waals surface area contributed by atoms with Crippen LogP contribution in [0.5, 0.6) is 0 Å². The fourth-order valence-corrected chi connectivity index (χ4v) is 4.00. The zero-order chi connectivity index (χ0) is 21.5. The van der Waals surface area contributed by atoms with Crippen molar-refractivity contribution in [3.8, 4) is 6.07 Å². The maximum Gasteiger partial charge on any atom is 0.222 e. The Balaban J connectivity index is 1.86. The number of hydrogen-bond acceptors (Lipinski definition) is 4. The summed E-state index contributed by atoms with van der Waals surface area (Å²) < 4.78 is 0. The van der Waals surface area contributed by atoms with E-state index in [9.17, 15) is 9.59 Å². The Morgan fingerprint density at radius 3 is 2.37 bits per heavy atom. The van der Waals surface area contributed by atoms with Crippen LogP contribution in [0.4, 0.5) is 0 Å². The number of rotatable bonds is 6. The summed E-state index contributed by atoms with van der Waals surface area (Å²) in [7, 11) is 0. The molecular formula is C25H27N3O2. The topological polar surface area (TPSA) is 73.2 Å². The molecule has 5 heteroatoms. The van der Waals surface area contributed by atoms with Gasteiger partial charge in [0.1, 0.15) is 5.82 Å². The third-order valence-corrected chi connectivity index (χ3v) is 5.52. The Morgan fingerprint density at radius 2 is 1.77 bits per heavy atom. The van der Waals surface area contributed by atoms with E-state index < -0.39 is 0 Å². The average molecular weight is 402 g/mol. The van der Waals surface area contributed by atoms with E-state index >= 15 is 0 Å². The van der Waals surface area contributed by atoms with Crippen LogP contribution in [0.3, 0.4) is 0 Å². The predicted molar refractivity (Wildman–Crippen MR) is 116 cm³/mol. The number of carbonyl (C=O) groups is 2. The van der Waals surface area contributed by atoms with Crippen LogP contribution in [0.2, 0.25) is 0 Å². The van der Waals surface area contributed by atoms with Crippen LogP contribution >= 0.6 is 0 Å². The second-order valence-electron chi connectivity index (χ2n) is 7.73. The van der Waals surface area contributed by atoms with Gasteiger partial charge in [-0.3, -0.25) is 9.59 Å². The van der Waals surface area contributed by atoms with Gasteiger partial charge in [-0.05, 0) is 48.9 Å². The number of Topliss-reactive ketones (excluding diaryl/α,β-unsaturated/α-hetero) is 1. The van der Waals surface area contributed by atoms with Crippen LogP contribution in [0.15, 0.2) is 66.0 Å². The third-order valence-electron chi connectivity index (χ3n) is 5.52. The first kappa shape index (κ1) is 21.3. The molecule has 1 amide bonds. The summed E-state index contributed by atoms with van der Waals surface area (Å²) >= 11 is 0. The first-order valence-corrected chi connectivity index (χ1v) is 10.3. The molecule has 1 fully saturated rings. The van der Waals surface area contributed by atoms with Crippen molar-refractivity contribution in [3.05, 3.63) is 82.7 Å². The van der Waals surface area contributed by atoms with Crippen molar-refractivity contribution in [1.29, 1.82) is 5.26 Å². The predicted octanol–water partition coefficient (Wildman–Crippen LogP) is 3.92. The molecule has 0 aliphatic carbocycles. The van der Waals surface area contributed by atoms with Crippen LogP contribution in [0.25, 0.3) is 0 Å². The van der Waals surface area contributed by atoms with Gasteiger partial charge in [0, 0.05) is 32.0 Å². The molecule has 0 spiro atoms. The van der Waals surface area contributed by atoms with Crippen LogP contribution in [0.1, 0.15) is 49.3 Å². The van der Waals surface area contributed by atoms with Crippen LogP contribution in [-0.4, -0.2) is 29.7 Å². The average Bonchev–Trinajstić information content (AvgIpc) is 2.76. The normalized spacial score (nSPS) is 15.2. The van der Waals surface area contributed by atoms with Crippen molar-refractivity contribution >= 4 is 11.7 Å². The number of hydrogen-bond donors (Lipinski definition) is 1. The Bertz CT molecular complexity index is 981. The molecule has 3 rings (SSSR count). The molecular weight excluding hydrogens is 374 g/mol. The maximum absolute atomic E-state index is 12.6. The number of nitrogens with one attached hydrogen (secondary N) is 1. The summed E-state index contributed by atoms with van der Waals surface area (Å²) in [5.74, 6) is 0.809. The summed E-state index contributed by atoms with van der Waals surface area (Å²) in [6, 6.07) is 19.8. The summed E-state index contributed by atoms with van der Waals surface area (Å²) in [6.45, 7) is 4.53. The van der Waals surface area contributed by atoms with Gasteiger partial charge in [-0.15, -0.1) is 0 Å². The molecule has 0 unspecified atom stereocenters. The molecule has 0 bridgehead atoms. The highest BCUT2D eigenvalue weighted by Gasteiger charge is 2.25. The lowest BCUT2D eigenvalue weighted by Gasteiger charge is -2.36. The third kappa shape index (κ3) is 5.36. The number of amides is 1. The number of benzene rings is 2. The molecule has 1 aliphatic heterocycles. The smallest absolute Gasteiger partial charge is 0.222 e. The van der Waals surface area contributed by atoms with E-state index in [1.165, 1.54) is 19.4 Å². The number of nitriles is 1. The zero-order valence-corrected chi connectivity index (χ0v) is 17.5. The van der Waals surface area contributed by atoms with Gasteiger partial charge in [0.25, 0.3) is 0 Å². The van der Waals surface area contributed by atoms with Crippen molar-refractivity contribution in [2.45, 2.75) is 39.0 Å². The van der Waals surface area contributed by atoms with E-state index in [1.807, 2.05) is 18.2 Å². The van der Waals surface area contributed by atoms with Gasteiger partial charge in [0.15, 0.2) is 5.78 Å². The van der Waals surface area contributed by atoms with Gasteiger partial charge in [0.2, 0.25) is 5.91 Å². The second kappa shape index (κ2) is 9.89. The van der Waals surface area contributed by atoms with Gasteiger partial charge in [0.05, 0.1) is 11.6 Å². The standard InChI is InChI=1S/C25H27N3O2/c1-18(29)24(16-20-7-6-8-21(15-20)17-26)25(27-19(2)30)28-13-11-23(12-14-28)22-9-4-3-5-10-22/h3-10,15,23H,11-14,16H2,1-2H3,(H,27,30)/b25-24+. The highest BCUT2D eigenvalue weighted by molar-refractivity contribution is 5.95. The monoisotopic (exact) mass is 401 g/mol. The van der Waals surface area contributed by atoms with Crippen LogP contribution in [-0.2, 0) is 16.0 Å². The first-order chi connectivity index (χ1) is 14.5. The molecule has 2 aromatic rings. The Hall–Kier alpha value is -3.39. The zero-order valence-electron chi connectivity index (χ0n) is 17.5. The molecule has 0 radical (unpaired) electrons. The van der Waals surface area contributed by atoms with Crippen LogP contribution in [0, 0.1) is 11.3 Å². The van der Waals surface area contributed by atoms with Gasteiger partial charge in [-0.25, -0.2) is 0 Å². The second-order valence-corrected chi connectivity index (χ2v) is 7.73. The lowest BCUT2D eigenvalue weighted by Crippen LogP contribution is -2.41.